The zero-order chi connectivity index (χ0) is 12.6. The van der Waals surface area contributed by atoms with E-state index in [9.17, 15) is 14.4 Å². The average molecular weight is 235 g/mol. The first-order valence-electron chi connectivity index (χ1n) is 4.84. The van der Waals surface area contributed by atoms with E-state index in [2.05, 4.69) is 9.97 Å². The first kappa shape index (κ1) is 11.1. The summed E-state index contributed by atoms with van der Waals surface area (Å²) in [6, 6.07) is 1.79. The fourth-order valence-electron chi connectivity index (χ4n) is 1.52. The van der Waals surface area contributed by atoms with Gasteiger partial charge in [0, 0.05) is 6.20 Å². The van der Waals surface area contributed by atoms with Crippen LogP contribution in [0.5, 0.6) is 0 Å². The number of nitrogens with one attached hydrogen (secondary N) is 1. The summed E-state index contributed by atoms with van der Waals surface area (Å²) in [5.74, 6) is -1.25. The molecular formula is C10H9N3O4. The Morgan fingerprint density at radius 3 is 2.88 bits per heavy atom. The van der Waals surface area contributed by atoms with E-state index in [1.165, 1.54) is 25.3 Å². The number of pyridine rings is 1. The van der Waals surface area contributed by atoms with Gasteiger partial charge in [0.05, 0.1) is 5.39 Å². The van der Waals surface area contributed by atoms with Crippen molar-refractivity contribution >= 4 is 17.0 Å². The molecule has 0 bridgehead atoms. The number of hydrogen-bond acceptors (Lipinski definition) is 4. The van der Waals surface area contributed by atoms with Crippen molar-refractivity contribution in [2.24, 2.45) is 0 Å². The van der Waals surface area contributed by atoms with Crippen molar-refractivity contribution < 1.29 is 9.90 Å². The van der Waals surface area contributed by atoms with Crippen molar-refractivity contribution in [3.63, 3.8) is 0 Å². The second-order valence-corrected chi connectivity index (χ2v) is 3.52. The molecule has 0 unspecified atom stereocenters. The van der Waals surface area contributed by atoms with Crippen molar-refractivity contribution in [3.05, 3.63) is 39.2 Å². The maximum absolute atomic E-state index is 11.9. The SMILES string of the molecule is C[C@@H](C(=O)O)n1c(=O)[nH]c2ncccc2c1=O. The molecule has 0 radical (unpaired) electrons. The number of aromatic nitrogens is 3. The molecule has 0 spiro atoms. The van der Waals surface area contributed by atoms with E-state index in [-0.39, 0.29) is 11.0 Å². The van der Waals surface area contributed by atoms with Crippen LogP contribution in [0.25, 0.3) is 11.0 Å². The van der Waals surface area contributed by atoms with Crippen LogP contribution in [0.1, 0.15) is 13.0 Å². The van der Waals surface area contributed by atoms with Crippen LogP contribution >= 0.6 is 0 Å². The number of carboxylic acid groups (broad SMARTS) is 1. The normalized spacial score (nSPS) is 12.5. The molecule has 88 valence electrons. The van der Waals surface area contributed by atoms with Crippen LogP contribution in [-0.2, 0) is 4.79 Å². The lowest BCUT2D eigenvalue weighted by Crippen LogP contribution is -2.39. The number of carboxylic acids is 1. The fraction of sp³-hybridized carbons (Fsp3) is 0.200. The summed E-state index contributed by atoms with van der Waals surface area (Å²) in [4.78, 5) is 40.6. The Hall–Kier alpha value is -2.44. The second-order valence-electron chi connectivity index (χ2n) is 3.52. The minimum absolute atomic E-state index is 0.149. The minimum Gasteiger partial charge on any atom is -0.480 e. The van der Waals surface area contributed by atoms with Gasteiger partial charge >= 0.3 is 11.7 Å². The summed E-state index contributed by atoms with van der Waals surface area (Å²) < 4.78 is 0.659. The highest BCUT2D eigenvalue weighted by Gasteiger charge is 2.19. The lowest BCUT2D eigenvalue weighted by Gasteiger charge is -2.09. The van der Waals surface area contributed by atoms with Crippen molar-refractivity contribution in [1.82, 2.24) is 14.5 Å². The van der Waals surface area contributed by atoms with Crippen LogP contribution in [0.4, 0.5) is 0 Å². The highest BCUT2D eigenvalue weighted by atomic mass is 16.4. The number of fused-ring (bicyclic) bond motifs is 1. The molecule has 0 saturated heterocycles. The van der Waals surface area contributed by atoms with Gasteiger partial charge in [-0.2, -0.15) is 0 Å². The fourth-order valence-corrected chi connectivity index (χ4v) is 1.52. The maximum atomic E-state index is 11.9. The van der Waals surface area contributed by atoms with Crippen molar-refractivity contribution in [1.29, 1.82) is 0 Å². The van der Waals surface area contributed by atoms with Crippen LogP contribution < -0.4 is 11.2 Å². The quantitative estimate of drug-likeness (QED) is 0.745. The van der Waals surface area contributed by atoms with Crippen LogP contribution in [0, 0.1) is 0 Å². The van der Waals surface area contributed by atoms with Gasteiger partial charge in [0.1, 0.15) is 11.7 Å². The Balaban J connectivity index is 2.86. The van der Waals surface area contributed by atoms with Gasteiger partial charge in [-0.25, -0.2) is 19.1 Å². The molecule has 0 aliphatic rings. The topological polar surface area (TPSA) is 105 Å². The summed E-state index contributed by atoms with van der Waals surface area (Å²) in [5, 5.41) is 9.01. The number of H-pyrrole nitrogens is 1. The van der Waals surface area contributed by atoms with Gasteiger partial charge in [-0.3, -0.25) is 9.78 Å². The van der Waals surface area contributed by atoms with Gasteiger partial charge in [0.25, 0.3) is 5.56 Å². The molecule has 17 heavy (non-hydrogen) atoms. The van der Waals surface area contributed by atoms with E-state index < -0.39 is 23.3 Å². The Bertz CT molecular complexity index is 700. The largest absolute Gasteiger partial charge is 0.480 e. The number of aromatic amines is 1. The van der Waals surface area contributed by atoms with E-state index in [0.29, 0.717) is 4.57 Å². The molecule has 2 rings (SSSR count). The molecule has 7 nitrogen and oxygen atoms in total. The minimum atomic E-state index is -1.25. The molecule has 0 aliphatic carbocycles. The van der Waals surface area contributed by atoms with Gasteiger partial charge < -0.3 is 5.11 Å². The smallest absolute Gasteiger partial charge is 0.330 e. The molecule has 0 amide bonds. The van der Waals surface area contributed by atoms with Gasteiger partial charge in [0.2, 0.25) is 0 Å². The van der Waals surface area contributed by atoms with E-state index >= 15 is 0 Å². The molecule has 0 fully saturated rings. The second kappa shape index (κ2) is 3.85. The van der Waals surface area contributed by atoms with Gasteiger partial charge in [0.15, 0.2) is 0 Å². The average Bonchev–Trinajstić information content (AvgIpc) is 2.28. The third-order valence-electron chi connectivity index (χ3n) is 2.45. The number of rotatable bonds is 2. The van der Waals surface area contributed by atoms with Crippen LogP contribution in [0.3, 0.4) is 0 Å². The zero-order valence-electron chi connectivity index (χ0n) is 8.88. The summed E-state index contributed by atoms with van der Waals surface area (Å²) in [6.07, 6.45) is 1.43. The maximum Gasteiger partial charge on any atom is 0.330 e. The summed E-state index contributed by atoms with van der Waals surface area (Å²) in [7, 11) is 0. The molecule has 2 N–H and O–H groups in total. The van der Waals surface area contributed by atoms with Gasteiger partial charge in [-0.1, -0.05) is 0 Å². The Morgan fingerprint density at radius 1 is 1.53 bits per heavy atom. The number of nitrogens with zero attached hydrogens (tertiary/aromatic N) is 2. The first-order chi connectivity index (χ1) is 8.02. The molecule has 7 heteroatoms. The lowest BCUT2D eigenvalue weighted by molar-refractivity contribution is -0.140. The molecule has 1 atom stereocenters. The Morgan fingerprint density at radius 2 is 2.24 bits per heavy atom. The van der Waals surface area contributed by atoms with Crippen LogP contribution in [0.15, 0.2) is 27.9 Å². The monoisotopic (exact) mass is 235 g/mol. The predicted molar refractivity (Wildman–Crippen MR) is 59.0 cm³/mol. The number of carbonyl (C=O) groups is 1. The molecule has 2 aromatic heterocycles. The standard InChI is InChI=1S/C10H9N3O4/c1-5(9(15)16)13-8(14)6-3-2-4-11-7(6)12-10(13)17/h2-5H,1H3,(H,15,16)(H,11,12,17)/t5-/m0/s1. The zero-order valence-corrected chi connectivity index (χ0v) is 8.88. The third kappa shape index (κ3) is 1.71. The molecule has 2 aromatic rings. The molecule has 0 aliphatic heterocycles. The molecular weight excluding hydrogens is 226 g/mol. The Labute approximate surface area is 94.4 Å². The van der Waals surface area contributed by atoms with Gasteiger partial charge in [-0.05, 0) is 19.1 Å². The van der Waals surface area contributed by atoms with E-state index in [1.807, 2.05) is 0 Å². The van der Waals surface area contributed by atoms with Crippen LogP contribution in [0.2, 0.25) is 0 Å². The van der Waals surface area contributed by atoms with E-state index in [1.54, 1.807) is 0 Å². The first-order valence-corrected chi connectivity index (χ1v) is 4.84. The molecule has 0 aromatic carbocycles. The predicted octanol–water partition coefficient (Wildman–Crippen LogP) is -0.270. The summed E-state index contributed by atoms with van der Waals surface area (Å²) >= 11 is 0. The third-order valence-corrected chi connectivity index (χ3v) is 2.45. The number of hydrogen-bond donors (Lipinski definition) is 2. The highest BCUT2D eigenvalue weighted by Crippen LogP contribution is 2.03. The van der Waals surface area contributed by atoms with Crippen molar-refractivity contribution in [3.8, 4) is 0 Å². The Kier molecular flexibility index (Phi) is 2.51. The van der Waals surface area contributed by atoms with Crippen molar-refractivity contribution in [2.75, 3.05) is 0 Å². The lowest BCUT2D eigenvalue weighted by atomic mass is 10.3. The van der Waals surface area contributed by atoms with E-state index in [4.69, 9.17) is 5.11 Å². The van der Waals surface area contributed by atoms with Crippen LogP contribution in [-0.4, -0.2) is 25.6 Å². The number of aliphatic carboxylic acids is 1. The van der Waals surface area contributed by atoms with Gasteiger partial charge in [-0.15, -0.1) is 0 Å². The molecule has 0 saturated carbocycles. The summed E-state index contributed by atoms with van der Waals surface area (Å²) in [5.41, 5.74) is -1.29. The molecule has 2 heterocycles. The van der Waals surface area contributed by atoms with E-state index in [0.717, 1.165) is 0 Å². The summed E-state index contributed by atoms with van der Waals surface area (Å²) in [6.45, 7) is 1.27. The highest BCUT2D eigenvalue weighted by molar-refractivity contribution is 5.74. The van der Waals surface area contributed by atoms with Crippen molar-refractivity contribution in [2.45, 2.75) is 13.0 Å².